The number of carbonyl (C=O) groups excluding carboxylic acids is 2. The van der Waals surface area contributed by atoms with Crippen molar-refractivity contribution in [2.75, 3.05) is 0 Å². The average molecular weight is 499 g/mol. The van der Waals surface area contributed by atoms with Crippen LogP contribution in [-0.4, -0.2) is 57.3 Å². The molecule has 2 saturated carbocycles. The Morgan fingerprint density at radius 2 is 1.95 bits per heavy atom. The molecule has 11 heteroatoms. The number of allylic oxidation sites excluding steroid dienone is 1. The highest BCUT2D eigenvalue weighted by molar-refractivity contribution is 6.60. The molecular weight excluding hydrogens is 475 g/mol. The Morgan fingerprint density at radius 3 is 2.61 bits per heavy atom. The molecule has 3 aromatic rings. The summed E-state index contributed by atoms with van der Waals surface area (Å²) in [5.41, 5.74) is 8.86. The third-order valence-electron chi connectivity index (χ3n) is 6.68. The predicted molar refractivity (Wildman–Crippen MR) is 149 cm³/mol. The van der Waals surface area contributed by atoms with Gasteiger partial charge in [0, 0.05) is 29.6 Å². The van der Waals surface area contributed by atoms with Crippen LogP contribution in [0.3, 0.4) is 0 Å². The van der Waals surface area contributed by atoms with Crippen molar-refractivity contribution >= 4 is 52.5 Å². The normalized spacial score (nSPS) is 20.1. The van der Waals surface area contributed by atoms with E-state index in [0.29, 0.717) is 33.7 Å². The van der Waals surface area contributed by atoms with Crippen molar-refractivity contribution in [1.29, 1.82) is 0 Å². The van der Waals surface area contributed by atoms with Gasteiger partial charge in [-0.15, -0.1) is 0 Å². The van der Waals surface area contributed by atoms with Gasteiger partial charge in [0.15, 0.2) is 0 Å². The second-order valence-electron chi connectivity index (χ2n) is 9.94. The third kappa shape index (κ3) is 5.77. The van der Waals surface area contributed by atoms with Gasteiger partial charge in [-0.1, -0.05) is 17.4 Å². The van der Waals surface area contributed by atoms with E-state index in [9.17, 15) is 9.59 Å². The van der Waals surface area contributed by atoms with Gasteiger partial charge < -0.3 is 21.1 Å². The predicted octanol–water partition coefficient (Wildman–Crippen LogP) is 1.87. The number of ether oxygens (including phenoxy) is 1. The highest BCUT2D eigenvalue weighted by atomic mass is 16.5. The zero-order chi connectivity index (χ0) is 27.1. The van der Waals surface area contributed by atoms with Crippen molar-refractivity contribution in [1.82, 2.24) is 15.6 Å². The number of nitrogens with one attached hydrogen (secondary N) is 2. The number of pyridine rings is 1. The van der Waals surface area contributed by atoms with Crippen molar-refractivity contribution in [2.24, 2.45) is 16.6 Å². The maximum Gasteiger partial charge on any atom is 0.249 e. The fraction of sp³-hybridized carbons (Fsp3) is 0.259. The van der Waals surface area contributed by atoms with Gasteiger partial charge in [-0.3, -0.25) is 19.6 Å². The van der Waals surface area contributed by atoms with Crippen LogP contribution in [-0.2, 0) is 11.2 Å². The van der Waals surface area contributed by atoms with Gasteiger partial charge in [0.25, 0.3) is 0 Å². The summed E-state index contributed by atoms with van der Waals surface area (Å²) >= 11 is 0. The van der Waals surface area contributed by atoms with Gasteiger partial charge in [0.05, 0.1) is 46.7 Å². The summed E-state index contributed by atoms with van der Waals surface area (Å²) in [6.45, 7) is 1.89. The summed E-state index contributed by atoms with van der Waals surface area (Å²) in [5, 5.41) is 3.90. The number of amides is 2. The van der Waals surface area contributed by atoms with Crippen LogP contribution in [0, 0.1) is 12.8 Å². The van der Waals surface area contributed by atoms with Gasteiger partial charge in [-0.05, 0) is 67.1 Å². The summed E-state index contributed by atoms with van der Waals surface area (Å²) in [5.74, 6) is 1.10. The molecule has 4 N–H and O–H groups in total. The van der Waals surface area contributed by atoms with E-state index in [2.05, 4.69) is 20.6 Å². The zero-order valence-corrected chi connectivity index (χ0v) is 20.9. The molecule has 0 bridgehead atoms. The molecule has 2 aliphatic carbocycles. The molecule has 0 atom stereocenters. The molecule has 6 radical (unpaired) electrons. The SMILES string of the molecule is [B]C([B])([B])NC(=O)c1ccc2nccc(Oc3ccc(CC(=O)N/C(C=NC45CC4C5)=C/N)cc3C)c2c1. The number of aryl methyl sites for hydroxylation is 1. The summed E-state index contributed by atoms with van der Waals surface area (Å²) in [4.78, 5) is 33.9. The largest absolute Gasteiger partial charge is 0.456 e. The number of rotatable bonds is 9. The highest BCUT2D eigenvalue weighted by Gasteiger charge is 2.70. The average Bonchev–Trinajstić information content (AvgIpc) is 3.73. The molecule has 2 aliphatic rings. The molecule has 0 aliphatic heterocycles. The lowest BCUT2D eigenvalue weighted by Gasteiger charge is -2.22. The summed E-state index contributed by atoms with van der Waals surface area (Å²) < 4.78 is 6.18. The van der Waals surface area contributed by atoms with Gasteiger partial charge in [-0.25, -0.2) is 0 Å². The Kier molecular flexibility index (Phi) is 6.55. The minimum atomic E-state index is -1.84. The lowest BCUT2D eigenvalue weighted by atomic mass is 9.49. The second kappa shape index (κ2) is 9.70. The highest BCUT2D eigenvalue weighted by Crippen LogP contribution is 2.69. The standard InChI is InChI=1S/C27H24B3N5O3/c1-15-8-16(9-24(36)34-19(13-31)14-33-26-11-18(26)12-26)2-5-22(15)38-23-6-7-32-21-4-3-17(10-20(21)23)25(37)35-27(28,29)30/h2-8,10,13-14,18H,9,11-12,31H2,1H3,(H,34,36)(H,35,37)/b19-13+,33-14?. The number of aromatic nitrogens is 1. The molecule has 2 aromatic carbocycles. The minimum absolute atomic E-state index is 0.130. The summed E-state index contributed by atoms with van der Waals surface area (Å²) in [6.07, 6.45) is 7.06. The Hall–Kier alpha value is -4.01. The van der Waals surface area contributed by atoms with Crippen molar-refractivity contribution in [3.63, 3.8) is 0 Å². The summed E-state index contributed by atoms with van der Waals surface area (Å²) in [6, 6.07) is 12.1. The Bertz CT molecular complexity index is 1490. The van der Waals surface area contributed by atoms with Crippen molar-refractivity contribution in [2.45, 2.75) is 37.0 Å². The lowest BCUT2D eigenvalue weighted by Crippen LogP contribution is -2.50. The fourth-order valence-corrected chi connectivity index (χ4v) is 4.27. The monoisotopic (exact) mass is 499 g/mol. The number of nitrogens with two attached hydrogens (primary N) is 1. The third-order valence-corrected chi connectivity index (χ3v) is 6.68. The van der Waals surface area contributed by atoms with Crippen LogP contribution >= 0.6 is 0 Å². The zero-order valence-electron chi connectivity index (χ0n) is 20.9. The minimum Gasteiger partial charge on any atom is -0.456 e. The number of hydrogen-bond acceptors (Lipinski definition) is 6. The fourth-order valence-electron chi connectivity index (χ4n) is 4.27. The van der Waals surface area contributed by atoms with Gasteiger partial charge >= 0.3 is 0 Å². The maximum atomic E-state index is 12.6. The van der Waals surface area contributed by atoms with E-state index in [1.165, 1.54) is 6.20 Å². The quantitative estimate of drug-likeness (QED) is 0.307. The van der Waals surface area contributed by atoms with Crippen molar-refractivity contribution in [3.8, 4) is 11.5 Å². The molecule has 5 rings (SSSR count). The summed E-state index contributed by atoms with van der Waals surface area (Å²) in [7, 11) is 16.5. The van der Waals surface area contributed by atoms with Crippen molar-refractivity contribution < 1.29 is 14.3 Å². The van der Waals surface area contributed by atoms with Crippen LogP contribution in [0.1, 0.15) is 34.3 Å². The van der Waals surface area contributed by atoms with E-state index < -0.39 is 11.1 Å². The first-order valence-corrected chi connectivity index (χ1v) is 12.2. The molecule has 0 saturated heterocycles. The van der Waals surface area contributed by atoms with E-state index >= 15 is 0 Å². The number of hydrogen-bond donors (Lipinski definition) is 3. The van der Waals surface area contributed by atoms with E-state index in [0.717, 1.165) is 29.9 Å². The topological polar surface area (TPSA) is 119 Å². The van der Waals surface area contributed by atoms with Gasteiger partial charge in [0.2, 0.25) is 11.8 Å². The Morgan fingerprint density at radius 1 is 1.18 bits per heavy atom. The Balaban J connectivity index is 1.27. The number of carbonyl (C=O) groups is 2. The number of fused-ring (bicyclic) bond motifs is 2. The molecule has 2 amide bonds. The smallest absolute Gasteiger partial charge is 0.249 e. The molecule has 0 spiro atoms. The van der Waals surface area contributed by atoms with Gasteiger partial charge in [0.1, 0.15) is 11.5 Å². The first kappa shape index (κ1) is 25.6. The van der Waals surface area contributed by atoms with Crippen LogP contribution < -0.4 is 21.1 Å². The lowest BCUT2D eigenvalue weighted by molar-refractivity contribution is -0.119. The second-order valence-corrected chi connectivity index (χ2v) is 9.94. The van der Waals surface area contributed by atoms with Crippen LogP contribution in [0.15, 0.2) is 65.6 Å². The Labute approximate surface area is 224 Å². The maximum absolute atomic E-state index is 12.6. The molecule has 8 nitrogen and oxygen atoms in total. The first-order valence-electron chi connectivity index (χ1n) is 12.2. The molecule has 1 aromatic heterocycles. The molecule has 2 fully saturated rings. The first-order chi connectivity index (χ1) is 18.0. The number of nitrogens with zero attached hydrogens (tertiary/aromatic N) is 2. The van der Waals surface area contributed by atoms with Crippen LogP contribution in [0.4, 0.5) is 0 Å². The van der Waals surface area contributed by atoms with Gasteiger partial charge in [-0.2, -0.15) is 0 Å². The molecule has 0 unspecified atom stereocenters. The number of aliphatic imine (C=N–C) groups is 1. The van der Waals surface area contributed by atoms with E-state index in [4.69, 9.17) is 34.0 Å². The van der Waals surface area contributed by atoms with Crippen LogP contribution in [0.2, 0.25) is 0 Å². The van der Waals surface area contributed by atoms with E-state index in [-0.39, 0.29) is 17.9 Å². The molecule has 1 heterocycles. The number of benzene rings is 2. The van der Waals surface area contributed by atoms with Crippen LogP contribution in [0.25, 0.3) is 10.9 Å². The molecular formula is C27H24B3N5O3. The molecule has 184 valence electrons. The van der Waals surface area contributed by atoms with E-state index in [1.807, 2.05) is 19.1 Å². The molecule has 38 heavy (non-hydrogen) atoms. The van der Waals surface area contributed by atoms with E-state index in [1.54, 1.807) is 42.7 Å². The van der Waals surface area contributed by atoms with Crippen LogP contribution in [0.5, 0.6) is 11.5 Å². The van der Waals surface area contributed by atoms with Crippen molar-refractivity contribution in [3.05, 3.63) is 77.2 Å².